The van der Waals surface area contributed by atoms with Gasteiger partial charge in [-0.05, 0) is 49.4 Å². The SMILES string of the molecule is Cc1cc(C(=O)N2CCCC3CNCC32)ccc1F. The van der Waals surface area contributed by atoms with E-state index < -0.39 is 0 Å². The van der Waals surface area contributed by atoms with Crippen molar-refractivity contribution in [1.82, 2.24) is 10.2 Å². The summed E-state index contributed by atoms with van der Waals surface area (Å²) >= 11 is 0. The van der Waals surface area contributed by atoms with Crippen LogP contribution in [0.15, 0.2) is 18.2 Å². The first-order chi connectivity index (χ1) is 9.16. The quantitative estimate of drug-likeness (QED) is 0.839. The molecule has 2 saturated heterocycles. The van der Waals surface area contributed by atoms with Crippen LogP contribution < -0.4 is 5.32 Å². The van der Waals surface area contributed by atoms with Gasteiger partial charge in [-0.1, -0.05) is 0 Å². The Morgan fingerprint density at radius 3 is 3.05 bits per heavy atom. The summed E-state index contributed by atoms with van der Waals surface area (Å²) < 4.78 is 13.3. The van der Waals surface area contributed by atoms with Crippen LogP contribution in [0, 0.1) is 18.7 Å². The highest BCUT2D eigenvalue weighted by Crippen LogP contribution is 2.27. The molecule has 0 spiro atoms. The van der Waals surface area contributed by atoms with E-state index >= 15 is 0 Å². The number of nitrogens with zero attached hydrogens (tertiary/aromatic N) is 1. The smallest absolute Gasteiger partial charge is 0.254 e. The highest BCUT2D eigenvalue weighted by molar-refractivity contribution is 5.94. The Morgan fingerprint density at radius 2 is 2.26 bits per heavy atom. The van der Waals surface area contributed by atoms with Crippen LogP contribution in [0.4, 0.5) is 4.39 Å². The van der Waals surface area contributed by atoms with Crippen LogP contribution in [0.1, 0.15) is 28.8 Å². The number of fused-ring (bicyclic) bond motifs is 1. The molecule has 1 aromatic carbocycles. The average Bonchev–Trinajstić information content (AvgIpc) is 2.89. The molecule has 1 N–H and O–H groups in total. The van der Waals surface area contributed by atoms with Gasteiger partial charge in [0, 0.05) is 31.2 Å². The summed E-state index contributed by atoms with van der Waals surface area (Å²) in [5.74, 6) is 0.372. The summed E-state index contributed by atoms with van der Waals surface area (Å²) in [6, 6.07) is 4.95. The summed E-state index contributed by atoms with van der Waals surface area (Å²) in [6.07, 6.45) is 2.26. The first-order valence-electron chi connectivity index (χ1n) is 6.94. The van der Waals surface area contributed by atoms with Gasteiger partial charge in [0.1, 0.15) is 5.82 Å². The molecule has 0 aliphatic carbocycles. The van der Waals surface area contributed by atoms with Crippen molar-refractivity contribution in [3.8, 4) is 0 Å². The number of hydrogen-bond donors (Lipinski definition) is 1. The lowest BCUT2D eigenvalue weighted by molar-refractivity contribution is 0.0574. The predicted octanol–water partition coefficient (Wildman–Crippen LogP) is 1.96. The predicted molar refractivity (Wildman–Crippen MR) is 71.6 cm³/mol. The van der Waals surface area contributed by atoms with Crippen LogP contribution in [0.3, 0.4) is 0 Å². The van der Waals surface area contributed by atoms with Gasteiger partial charge in [0.05, 0.1) is 0 Å². The van der Waals surface area contributed by atoms with Crippen molar-refractivity contribution in [3.05, 3.63) is 35.1 Å². The third kappa shape index (κ3) is 2.25. The maximum atomic E-state index is 13.3. The highest BCUT2D eigenvalue weighted by Gasteiger charge is 2.37. The molecule has 4 heteroatoms. The van der Waals surface area contributed by atoms with E-state index in [9.17, 15) is 9.18 Å². The van der Waals surface area contributed by atoms with Gasteiger partial charge in [-0.15, -0.1) is 0 Å². The molecule has 0 radical (unpaired) electrons. The summed E-state index contributed by atoms with van der Waals surface area (Å²) in [5.41, 5.74) is 1.13. The zero-order valence-corrected chi connectivity index (χ0v) is 11.2. The minimum absolute atomic E-state index is 0.0431. The van der Waals surface area contributed by atoms with Crippen LogP contribution in [0.5, 0.6) is 0 Å². The van der Waals surface area contributed by atoms with Gasteiger partial charge < -0.3 is 10.2 Å². The molecule has 1 aromatic rings. The molecule has 0 aromatic heterocycles. The fraction of sp³-hybridized carbons (Fsp3) is 0.533. The molecule has 2 heterocycles. The van der Waals surface area contributed by atoms with Crippen molar-refractivity contribution in [2.24, 2.45) is 5.92 Å². The molecule has 0 saturated carbocycles. The van der Waals surface area contributed by atoms with Gasteiger partial charge in [-0.25, -0.2) is 4.39 Å². The molecule has 2 aliphatic rings. The van der Waals surface area contributed by atoms with E-state index in [-0.39, 0.29) is 11.7 Å². The van der Waals surface area contributed by atoms with Crippen LogP contribution in [-0.4, -0.2) is 36.5 Å². The molecule has 102 valence electrons. The zero-order valence-electron chi connectivity index (χ0n) is 11.2. The Morgan fingerprint density at radius 1 is 1.42 bits per heavy atom. The van der Waals surface area contributed by atoms with Crippen molar-refractivity contribution in [2.45, 2.75) is 25.8 Å². The Bertz CT molecular complexity index is 503. The van der Waals surface area contributed by atoms with Gasteiger partial charge in [0.25, 0.3) is 5.91 Å². The van der Waals surface area contributed by atoms with E-state index in [4.69, 9.17) is 0 Å². The van der Waals surface area contributed by atoms with Crippen LogP contribution >= 0.6 is 0 Å². The molecule has 1 amide bonds. The summed E-state index contributed by atoms with van der Waals surface area (Å²) in [5, 5.41) is 3.37. The van der Waals surface area contributed by atoms with Gasteiger partial charge in [0.15, 0.2) is 0 Å². The fourth-order valence-corrected chi connectivity index (χ4v) is 3.26. The molecule has 2 aliphatic heterocycles. The summed E-state index contributed by atoms with van der Waals surface area (Å²) in [4.78, 5) is 14.6. The topological polar surface area (TPSA) is 32.3 Å². The summed E-state index contributed by atoms with van der Waals surface area (Å²) in [7, 11) is 0. The van der Waals surface area contributed by atoms with E-state index in [1.807, 2.05) is 4.90 Å². The first-order valence-corrected chi connectivity index (χ1v) is 6.94. The lowest BCUT2D eigenvalue weighted by Crippen LogP contribution is -2.48. The number of rotatable bonds is 1. The highest BCUT2D eigenvalue weighted by atomic mass is 19.1. The molecule has 3 rings (SSSR count). The number of benzene rings is 1. The number of aryl methyl sites for hydroxylation is 1. The molecule has 0 bridgehead atoms. The Kier molecular flexibility index (Phi) is 3.27. The molecule has 2 atom stereocenters. The largest absolute Gasteiger partial charge is 0.334 e. The van der Waals surface area contributed by atoms with Gasteiger partial charge in [0.2, 0.25) is 0 Å². The van der Waals surface area contributed by atoms with Crippen molar-refractivity contribution >= 4 is 5.91 Å². The second kappa shape index (κ2) is 4.93. The van der Waals surface area contributed by atoms with Crippen molar-refractivity contribution < 1.29 is 9.18 Å². The average molecular weight is 262 g/mol. The maximum Gasteiger partial charge on any atom is 0.254 e. The molecule has 19 heavy (non-hydrogen) atoms. The number of amides is 1. The second-order valence-electron chi connectivity index (χ2n) is 5.59. The third-order valence-electron chi connectivity index (χ3n) is 4.34. The Hall–Kier alpha value is -1.42. The minimum Gasteiger partial charge on any atom is -0.334 e. The molecular formula is C15H19FN2O. The lowest BCUT2D eigenvalue weighted by atomic mass is 9.91. The molecular weight excluding hydrogens is 243 g/mol. The molecule has 2 unspecified atom stereocenters. The normalized spacial score (nSPS) is 26.3. The number of halogens is 1. The Balaban J connectivity index is 1.84. The minimum atomic E-state index is -0.254. The maximum absolute atomic E-state index is 13.3. The zero-order chi connectivity index (χ0) is 13.4. The van der Waals surface area contributed by atoms with E-state index in [2.05, 4.69) is 5.32 Å². The van der Waals surface area contributed by atoms with Gasteiger partial charge in [-0.3, -0.25) is 4.79 Å². The van der Waals surface area contributed by atoms with E-state index in [0.717, 1.165) is 26.1 Å². The van der Waals surface area contributed by atoms with Crippen molar-refractivity contribution in [3.63, 3.8) is 0 Å². The number of piperidine rings is 1. The molecule has 3 nitrogen and oxygen atoms in total. The van der Waals surface area contributed by atoms with Crippen molar-refractivity contribution in [2.75, 3.05) is 19.6 Å². The van der Waals surface area contributed by atoms with E-state index in [1.165, 1.54) is 12.5 Å². The number of carbonyl (C=O) groups is 1. The number of nitrogens with one attached hydrogen (secondary N) is 1. The molecule has 2 fully saturated rings. The first kappa shape index (κ1) is 12.6. The lowest BCUT2D eigenvalue weighted by Gasteiger charge is -2.37. The van der Waals surface area contributed by atoms with Crippen molar-refractivity contribution in [1.29, 1.82) is 0 Å². The fourth-order valence-electron chi connectivity index (χ4n) is 3.26. The monoisotopic (exact) mass is 262 g/mol. The van der Waals surface area contributed by atoms with Crippen LogP contribution in [-0.2, 0) is 0 Å². The van der Waals surface area contributed by atoms with Crippen LogP contribution in [0.25, 0.3) is 0 Å². The number of likely N-dealkylation sites (tertiary alicyclic amines) is 1. The van der Waals surface area contributed by atoms with E-state index in [0.29, 0.717) is 23.1 Å². The van der Waals surface area contributed by atoms with Crippen LogP contribution in [0.2, 0.25) is 0 Å². The Labute approximate surface area is 112 Å². The standard InChI is InChI=1S/C15H19FN2O/c1-10-7-11(4-5-13(10)16)15(19)18-6-2-3-12-8-17-9-14(12)18/h4-5,7,12,14,17H,2-3,6,8-9H2,1H3. The van der Waals surface area contributed by atoms with E-state index in [1.54, 1.807) is 19.1 Å². The van der Waals surface area contributed by atoms with Gasteiger partial charge in [-0.2, -0.15) is 0 Å². The second-order valence-corrected chi connectivity index (χ2v) is 5.59. The third-order valence-corrected chi connectivity index (χ3v) is 4.34. The van der Waals surface area contributed by atoms with Gasteiger partial charge >= 0.3 is 0 Å². The number of hydrogen-bond acceptors (Lipinski definition) is 2. The summed E-state index contributed by atoms with van der Waals surface area (Å²) in [6.45, 7) is 4.41. The number of carbonyl (C=O) groups excluding carboxylic acids is 1.